The third-order valence-electron chi connectivity index (χ3n) is 4.11. The van der Waals surface area contributed by atoms with Gasteiger partial charge in [-0.1, -0.05) is 23.7 Å². The van der Waals surface area contributed by atoms with E-state index in [0.29, 0.717) is 30.2 Å². The summed E-state index contributed by atoms with van der Waals surface area (Å²) in [7, 11) is 0. The number of benzene rings is 1. The lowest BCUT2D eigenvalue weighted by molar-refractivity contribution is 0.0527. The number of halogens is 1. The van der Waals surface area contributed by atoms with Crippen LogP contribution in [0.4, 0.5) is 0 Å². The van der Waals surface area contributed by atoms with E-state index < -0.39 is 6.10 Å². The maximum atomic E-state index is 12.2. The van der Waals surface area contributed by atoms with Gasteiger partial charge in [-0.05, 0) is 23.8 Å². The van der Waals surface area contributed by atoms with Crippen LogP contribution in [0.2, 0.25) is 5.02 Å². The Hall–Kier alpha value is -1.82. The minimum Gasteiger partial charge on any atom is -0.472 e. The molecule has 1 N–H and O–H groups in total. The van der Waals surface area contributed by atoms with Crippen LogP contribution < -0.4 is 0 Å². The molecule has 1 aromatic heterocycles. The molecular formula is C17H19ClN2O3. The number of amides is 1. The molecule has 0 spiro atoms. The zero-order chi connectivity index (χ0) is 16.2. The van der Waals surface area contributed by atoms with E-state index >= 15 is 0 Å². The molecular weight excluding hydrogens is 316 g/mol. The summed E-state index contributed by atoms with van der Waals surface area (Å²) in [4.78, 5) is 16.2. The fourth-order valence-corrected chi connectivity index (χ4v) is 2.86. The molecule has 0 aliphatic carbocycles. The average Bonchev–Trinajstić information content (AvgIpc) is 3.10. The van der Waals surface area contributed by atoms with Crippen molar-refractivity contribution in [3.63, 3.8) is 0 Å². The smallest absolute Gasteiger partial charge is 0.257 e. The molecule has 2 heterocycles. The zero-order valence-electron chi connectivity index (χ0n) is 12.7. The maximum Gasteiger partial charge on any atom is 0.257 e. The van der Waals surface area contributed by atoms with Crippen molar-refractivity contribution in [1.29, 1.82) is 0 Å². The predicted molar refractivity (Wildman–Crippen MR) is 87.5 cm³/mol. The summed E-state index contributed by atoms with van der Waals surface area (Å²) in [5.41, 5.74) is 1.44. The van der Waals surface area contributed by atoms with Gasteiger partial charge in [0, 0.05) is 37.7 Å². The Balaban J connectivity index is 1.51. The summed E-state index contributed by atoms with van der Waals surface area (Å²) in [6, 6.07) is 8.92. The number of furan rings is 1. The summed E-state index contributed by atoms with van der Waals surface area (Å²) < 4.78 is 4.96. The number of β-amino-alcohol motifs (C(OH)–C–C–N with tert-alkyl or cyclic N) is 1. The van der Waals surface area contributed by atoms with Gasteiger partial charge in [0.1, 0.15) is 6.26 Å². The third kappa shape index (κ3) is 3.93. The maximum absolute atomic E-state index is 12.2. The fourth-order valence-electron chi connectivity index (χ4n) is 2.74. The van der Waals surface area contributed by atoms with E-state index in [1.165, 1.54) is 12.5 Å². The van der Waals surface area contributed by atoms with Crippen molar-refractivity contribution < 1.29 is 14.3 Å². The molecule has 1 aliphatic rings. The molecule has 3 rings (SSSR count). The van der Waals surface area contributed by atoms with Crippen LogP contribution in [0.1, 0.15) is 22.0 Å². The Morgan fingerprint density at radius 2 is 1.87 bits per heavy atom. The number of aliphatic hydroxyl groups is 1. The molecule has 1 saturated heterocycles. The molecule has 0 radical (unpaired) electrons. The number of carbonyl (C=O) groups is 1. The number of hydrogen-bond acceptors (Lipinski definition) is 4. The van der Waals surface area contributed by atoms with Gasteiger partial charge in [0.25, 0.3) is 5.91 Å². The minimum absolute atomic E-state index is 0.00310. The number of aliphatic hydroxyl groups excluding tert-OH is 1. The van der Waals surface area contributed by atoms with Crippen LogP contribution in [0.25, 0.3) is 0 Å². The van der Waals surface area contributed by atoms with Gasteiger partial charge in [-0.3, -0.25) is 9.69 Å². The SMILES string of the molecule is O=C(c1ccoc1)N1CCN(CC(O)c2ccc(Cl)cc2)CC1. The van der Waals surface area contributed by atoms with Crippen LogP contribution in [0.15, 0.2) is 47.3 Å². The number of rotatable bonds is 4. The quantitative estimate of drug-likeness (QED) is 0.933. The molecule has 1 aliphatic heterocycles. The Morgan fingerprint density at radius 1 is 1.17 bits per heavy atom. The first-order chi connectivity index (χ1) is 11.1. The first-order valence-electron chi connectivity index (χ1n) is 7.61. The molecule has 1 fully saturated rings. The summed E-state index contributed by atoms with van der Waals surface area (Å²) in [5, 5.41) is 11.0. The Bertz CT molecular complexity index is 634. The van der Waals surface area contributed by atoms with Crippen LogP contribution >= 0.6 is 11.6 Å². The first-order valence-corrected chi connectivity index (χ1v) is 7.98. The first kappa shape index (κ1) is 16.1. The van der Waals surface area contributed by atoms with Crippen LogP contribution in [-0.2, 0) is 0 Å². The molecule has 5 nitrogen and oxygen atoms in total. The van der Waals surface area contributed by atoms with E-state index in [-0.39, 0.29) is 5.91 Å². The van der Waals surface area contributed by atoms with E-state index in [1.807, 2.05) is 17.0 Å². The van der Waals surface area contributed by atoms with Gasteiger partial charge in [0.15, 0.2) is 0 Å². The van der Waals surface area contributed by atoms with E-state index in [4.69, 9.17) is 16.0 Å². The van der Waals surface area contributed by atoms with Crippen molar-refractivity contribution in [3.05, 3.63) is 59.0 Å². The highest BCUT2D eigenvalue weighted by molar-refractivity contribution is 6.30. The topological polar surface area (TPSA) is 56.9 Å². The van der Waals surface area contributed by atoms with Crippen LogP contribution in [-0.4, -0.2) is 53.5 Å². The summed E-state index contributed by atoms with van der Waals surface area (Å²) in [6.07, 6.45) is 2.42. The van der Waals surface area contributed by atoms with Crippen LogP contribution in [0.3, 0.4) is 0 Å². The molecule has 1 aromatic carbocycles. The van der Waals surface area contributed by atoms with Crippen molar-refractivity contribution in [2.75, 3.05) is 32.7 Å². The molecule has 2 aromatic rings. The second-order valence-electron chi connectivity index (χ2n) is 5.67. The van der Waals surface area contributed by atoms with E-state index in [1.54, 1.807) is 18.2 Å². The van der Waals surface area contributed by atoms with Crippen molar-refractivity contribution in [1.82, 2.24) is 9.80 Å². The molecule has 23 heavy (non-hydrogen) atoms. The van der Waals surface area contributed by atoms with Crippen molar-refractivity contribution in [2.45, 2.75) is 6.10 Å². The lowest BCUT2D eigenvalue weighted by atomic mass is 10.1. The van der Waals surface area contributed by atoms with Gasteiger partial charge < -0.3 is 14.4 Å². The van der Waals surface area contributed by atoms with Gasteiger partial charge in [0.05, 0.1) is 17.9 Å². The number of piperazine rings is 1. The molecule has 122 valence electrons. The predicted octanol–water partition coefficient (Wildman–Crippen LogP) is 2.42. The normalized spacial score (nSPS) is 17.2. The van der Waals surface area contributed by atoms with Gasteiger partial charge in [0.2, 0.25) is 0 Å². The highest BCUT2D eigenvalue weighted by Crippen LogP contribution is 2.18. The summed E-state index contributed by atoms with van der Waals surface area (Å²) in [6.45, 7) is 3.34. The Morgan fingerprint density at radius 3 is 2.48 bits per heavy atom. The van der Waals surface area contributed by atoms with Gasteiger partial charge in [-0.25, -0.2) is 0 Å². The second-order valence-corrected chi connectivity index (χ2v) is 6.11. The Kier molecular flexibility index (Phi) is 5.00. The third-order valence-corrected chi connectivity index (χ3v) is 4.37. The molecule has 0 saturated carbocycles. The second kappa shape index (κ2) is 7.17. The minimum atomic E-state index is -0.552. The van der Waals surface area contributed by atoms with Crippen LogP contribution in [0.5, 0.6) is 0 Å². The van der Waals surface area contributed by atoms with E-state index in [0.717, 1.165) is 18.7 Å². The highest BCUT2D eigenvalue weighted by Gasteiger charge is 2.24. The Labute approximate surface area is 140 Å². The number of nitrogens with zero attached hydrogens (tertiary/aromatic N) is 2. The van der Waals surface area contributed by atoms with Crippen molar-refractivity contribution in [3.8, 4) is 0 Å². The monoisotopic (exact) mass is 334 g/mol. The molecule has 1 unspecified atom stereocenters. The van der Waals surface area contributed by atoms with E-state index in [9.17, 15) is 9.90 Å². The largest absolute Gasteiger partial charge is 0.472 e. The van der Waals surface area contributed by atoms with Gasteiger partial charge in [-0.15, -0.1) is 0 Å². The van der Waals surface area contributed by atoms with Crippen molar-refractivity contribution in [2.24, 2.45) is 0 Å². The standard InChI is InChI=1S/C17H19ClN2O3/c18-15-3-1-13(2-4-15)16(21)11-19-6-8-20(9-7-19)17(22)14-5-10-23-12-14/h1-5,10,12,16,21H,6-9,11H2. The molecule has 1 amide bonds. The van der Waals surface area contributed by atoms with Gasteiger partial charge >= 0.3 is 0 Å². The highest BCUT2D eigenvalue weighted by atomic mass is 35.5. The van der Waals surface area contributed by atoms with E-state index in [2.05, 4.69) is 4.90 Å². The zero-order valence-corrected chi connectivity index (χ0v) is 13.4. The molecule has 6 heteroatoms. The van der Waals surface area contributed by atoms with Crippen molar-refractivity contribution >= 4 is 17.5 Å². The molecule has 1 atom stereocenters. The number of hydrogen-bond donors (Lipinski definition) is 1. The lowest BCUT2D eigenvalue weighted by Crippen LogP contribution is -2.49. The lowest BCUT2D eigenvalue weighted by Gasteiger charge is -2.35. The van der Waals surface area contributed by atoms with Crippen LogP contribution in [0, 0.1) is 0 Å². The molecule has 0 bridgehead atoms. The fraction of sp³-hybridized carbons (Fsp3) is 0.353. The number of carbonyl (C=O) groups excluding carboxylic acids is 1. The average molecular weight is 335 g/mol. The summed E-state index contributed by atoms with van der Waals surface area (Å²) >= 11 is 5.86. The summed E-state index contributed by atoms with van der Waals surface area (Å²) in [5.74, 6) is -0.00310. The van der Waals surface area contributed by atoms with Gasteiger partial charge in [-0.2, -0.15) is 0 Å².